The predicted molar refractivity (Wildman–Crippen MR) is 94.8 cm³/mol. The molecule has 1 unspecified atom stereocenters. The first-order chi connectivity index (χ1) is 11.6. The van der Waals surface area contributed by atoms with Crippen LogP contribution in [-0.2, 0) is 0 Å². The van der Waals surface area contributed by atoms with Gasteiger partial charge in [-0.15, -0.1) is 0 Å². The monoisotopic (exact) mass is 355 g/mol. The van der Waals surface area contributed by atoms with E-state index in [1.807, 2.05) is 34.9 Å². The second-order valence-corrected chi connectivity index (χ2v) is 6.25. The standard InChI is InChI=1S/C17H11Cl2N5/c18-11-6-5-9(7-12(11)19)15-10(8-20)16(21)23-17-22-13-3-1-2-4-14(13)24(15)17/h1-7,15H,21H2,(H,22,23). The summed E-state index contributed by atoms with van der Waals surface area (Å²) < 4.78 is 1.95. The van der Waals surface area contributed by atoms with Crippen LogP contribution in [0.25, 0.3) is 11.0 Å². The molecule has 3 N–H and O–H groups in total. The summed E-state index contributed by atoms with van der Waals surface area (Å²) in [6.07, 6.45) is 0. The number of halogens is 2. The molecule has 2 heterocycles. The van der Waals surface area contributed by atoms with Crippen molar-refractivity contribution in [1.82, 2.24) is 9.55 Å². The quantitative estimate of drug-likeness (QED) is 0.689. The first-order valence-electron chi connectivity index (χ1n) is 7.19. The van der Waals surface area contributed by atoms with Crippen LogP contribution in [0.4, 0.5) is 5.95 Å². The van der Waals surface area contributed by atoms with Gasteiger partial charge in [-0.05, 0) is 29.8 Å². The van der Waals surface area contributed by atoms with E-state index in [0.717, 1.165) is 16.6 Å². The van der Waals surface area contributed by atoms with Gasteiger partial charge in [-0.3, -0.25) is 4.57 Å². The Morgan fingerprint density at radius 2 is 1.96 bits per heavy atom. The van der Waals surface area contributed by atoms with E-state index in [2.05, 4.69) is 16.4 Å². The number of nitrogens with one attached hydrogen (secondary N) is 1. The number of imidazole rings is 1. The normalized spacial score (nSPS) is 16.6. The first-order valence-corrected chi connectivity index (χ1v) is 7.94. The number of hydrogen-bond donors (Lipinski definition) is 2. The lowest BCUT2D eigenvalue weighted by molar-refractivity contribution is 0.680. The van der Waals surface area contributed by atoms with Gasteiger partial charge in [-0.25, -0.2) is 4.98 Å². The smallest absolute Gasteiger partial charge is 0.210 e. The van der Waals surface area contributed by atoms with E-state index < -0.39 is 6.04 Å². The lowest BCUT2D eigenvalue weighted by Crippen LogP contribution is -2.27. The summed E-state index contributed by atoms with van der Waals surface area (Å²) in [5, 5.41) is 13.5. The fourth-order valence-corrected chi connectivity index (χ4v) is 3.28. The molecule has 5 nitrogen and oxygen atoms in total. The van der Waals surface area contributed by atoms with Crippen molar-refractivity contribution in [2.75, 3.05) is 5.32 Å². The third-order valence-electron chi connectivity index (χ3n) is 4.04. The molecule has 0 spiro atoms. The minimum Gasteiger partial charge on any atom is -0.384 e. The van der Waals surface area contributed by atoms with Gasteiger partial charge >= 0.3 is 0 Å². The Morgan fingerprint density at radius 1 is 1.17 bits per heavy atom. The maximum Gasteiger partial charge on any atom is 0.210 e. The van der Waals surface area contributed by atoms with E-state index in [1.54, 1.807) is 12.1 Å². The zero-order valence-electron chi connectivity index (χ0n) is 12.3. The molecule has 0 saturated carbocycles. The van der Waals surface area contributed by atoms with Crippen molar-refractivity contribution in [3.8, 4) is 6.07 Å². The van der Waals surface area contributed by atoms with Gasteiger partial charge < -0.3 is 11.1 Å². The van der Waals surface area contributed by atoms with Crippen LogP contribution in [0.3, 0.4) is 0 Å². The number of nitrogens with zero attached hydrogens (tertiary/aromatic N) is 3. The van der Waals surface area contributed by atoms with Crippen LogP contribution in [0.15, 0.2) is 53.9 Å². The Labute approximate surface area is 147 Å². The molecule has 118 valence electrons. The van der Waals surface area contributed by atoms with Crippen LogP contribution >= 0.6 is 23.2 Å². The third-order valence-corrected chi connectivity index (χ3v) is 4.78. The molecule has 4 rings (SSSR count). The second-order valence-electron chi connectivity index (χ2n) is 5.43. The van der Waals surface area contributed by atoms with E-state index in [4.69, 9.17) is 28.9 Å². The molecule has 0 fully saturated rings. The van der Waals surface area contributed by atoms with Crippen molar-refractivity contribution < 1.29 is 0 Å². The van der Waals surface area contributed by atoms with Crippen molar-refractivity contribution in [1.29, 1.82) is 5.26 Å². The van der Waals surface area contributed by atoms with Crippen molar-refractivity contribution >= 4 is 40.2 Å². The molecule has 1 aliphatic rings. The number of benzene rings is 2. The van der Waals surface area contributed by atoms with Crippen molar-refractivity contribution in [2.45, 2.75) is 6.04 Å². The Bertz CT molecular complexity index is 1040. The number of allylic oxidation sites excluding steroid dienone is 1. The number of aromatic nitrogens is 2. The largest absolute Gasteiger partial charge is 0.384 e. The number of nitrogens with two attached hydrogens (primary N) is 1. The summed E-state index contributed by atoms with van der Waals surface area (Å²) >= 11 is 12.2. The fourth-order valence-electron chi connectivity index (χ4n) is 2.98. The molecule has 1 aliphatic heterocycles. The minimum absolute atomic E-state index is 0.288. The Balaban J connectivity index is 2.03. The highest BCUT2D eigenvalue weighted by Gasteiger charge is 2.31. The van der Waals surface area contributed by atoms with E-state index >= 15 is 0 Å². The zero-order chi connectivity index (χ0) is 16.8. The number of para-hydroxylation sites is 2. The number of hydrogen-bond acceptors (Lipinski definition) is 4. The van der Waals surface area contributed by atoms with Crippen molar-refractivity contribution in [3.05, 3.63) is 69.5 Å². The van der Waals surface area contributed by atoms with Crippen LogP contribution in [0.2, 0.25) is 10.0 Å². The summed E-state index contributed by atoms with van der Waals surface area (Å²) in [5.74, 6) is 0.875. The molecule has 0 amide bonds. The van der Waals surface area contributed by atoms with Crippen LogP contribution in [0, 0.1) is 11.3 Å². The summed E-state index contributed by atoms with van der Waals surface area (Å²) in [6, 6.07) is 14.8. The number of rotatable bonds is 1. The predicted octanol–water partition coefficient (Wildman–Crippen LogP) is 4.05. The van der Waals surface area contributed by atoms with E-state index in [1.165, 1.54) is 0 Å². The Hall–Kier alpha value is -2.68. The van der Waals surface area contributed by atoms with Gasteiger partial charge in [-0.2, -0.15) is 5.26 Å². The molecule has 0 aliphatic carbocycles. The van der Waals surface area contributed by atoms with Crippen LogP contribution in [0.1, 0.15) is 11.6 Å². The molecule has 3 aromatic rings. The van der Waals surface area contributed by atoms with Gasteiger partial charge in [0.25, 0.3) is 0 Å². The lowest BCUT2D eigenvalue weighted by atomic mass is 9.97. The Morgan fingerprint density at radius 3 is 2.71 bits per heavy atom. The number of anilines is 1. The van der Waals surface area contributed by atoms with Crippen LogP contribution < -0.4 is 11.1 Å². The Kier molecular flexibility index (Phi) is 3.38. The SMILES string of the molecule is N#CC1=C(N)Nc2nc3ccccc3n2C1c1ccc(Cl)c(Cl)c1. The highest BCUT2D eigenvalue weighted by Crippen LogP contribution is 2.39. The lowest BCUT2D eigenvalue weighted by Gasteiger charge is -2.27. The molecule has 24 heavy (non-hydrogen) atoms. The van der Waals surface area contributed by atoms with Gasteiger partial charge in [0.1, 0.15) is 17.9 Å². The zero-order valence-corrected chi connectivity index (χ0v) is 13.8. The minimum atomic E-state index is -0.423. The molecular weight excluding hydrogens is 345 g/mol. The van der Waals surface area contributed by atoms with Crippen molar-refractivity contribution in [2.24, 2.45) is 5.73 Å². The molecule has 7 heteroatoms. The molecule has 0 bridgehead atoms. The van der Waals surface area contributed by atoms with E-state index in [0.29, 0.717) is 21.6 Å². The van der Waals surface area contributed by atoms with Gasteiger partial charge in [0.2, 0.25) is 5.95 Å². The van der Waals surface area contributed by atoms with Crippen molar-refractivity contribution in [3.63, 3.8) is 0 Å². The summed E-state index contributed by atoms with van der Waals surface area (Å²) in [6.45, 7) is 0. The average Bonchev–Trinajstić information content (AvgIpc) is 2.94. The average molecular weight is 356 g/mol. The summed E-state index contributed by atoms with van der Waals surface area (Å²) in [7, 11) is 0. The van der Waals surface area contributed by atoms with Gasteiger partial charge in [0.05, 0.1) is 26.7 Å². The number of fused-ring (bicyclic) bond motifs is 3. The highest BCUT2D eigenvalue weighted by molar-refractivity contribution is 6.42. The van der Waals surface area contributed by atoms with E-state index in [-0.39, 0.29) is 5.82 Å². The fraction of sp³-hybridized carbons (Fsp3) is 0.0588. The molecule has 0 radical (unpaired) electrons. The molecule has 1 aromatic heterocycles. The van der Waals surface area contributed by atoms with Gasteiger partial charge in [0, 0.05) is 0 Å². The topological polar surface area (TPSA) is 79.7 Å². The third kappa shape index (κ3) is 2.12. The number of nitriles is 1. The first kappa shape index (κ1) is 14.9. The maximum atomic E-state index is 9.63. The van der Waals surface area contributed by atoms with Gasteiger partial charge in [0.15, 0.2) is 0 Å². The summed E-state index contributed by atoms with van der Waals surface area (Å²) in [5.41, 5.74) is 8.99. The summed E-state index contributed by atoms with van der Waals surface area (Å²) in [4.78, 5) is 4.56. The molecule has 2 aromatic carbocycles. The maximum absolute atomic E-state index is 9.63. The van der Waals surface area contributed by atoms with E-state index in [9.17, 15) is 5.26 Å². The molecular formula is C17H11Cl2N5. The van der Waals surface area contributed by atoms with Crippen LogP contribution in [0.5, 0.6) is 0 Å². The molecule has 1 atom stereocenters. The molecule has 0 saturated heterocycles. The second kappa shape index (κ2) is 5.45. The van der Waals surface area contributed by atoms with Gasteiger partial charge in [-0.1, -0.05) is 41.4 Å². The highest BCUT2D eigenvalue weighted by atomic mass is 35.5. The van der Waals surface area contributed by atoms with Crippen LogP contribution in [-0.4, -0.2) is 9.55 Å².